The fraction of sp³-hybridized carbons (Fsp3) is 0.385. The van der Waals surface area contributed by atoms with Crippen LogP contribution < -0.4 is 5.32 Å². The molecule has 0 saturated heterocycles. The summed E-state index contributed by atoms with van der Waals surface area (Å²) >= 11 is 0. The number of hydrogen-bond acceptors (Lipinski definition) is 2. The summed E-state index contributed by atoms with van der Waals surface area (Å²) in [6.45, 7) is 3.55. The van der Waals surface area contributed by atoms with Gasteiger partial charge in [-0.2, -0.15) is 0 Å². The van der Waals surface area contributed by atoms with Crippen LogP contribution in [0.5, 0.6) is 0 Å². The van der Waals surface area contributed by atoms with E-state index in [4.69, 9.17) is 5.11 Å². The van der Waals surface area contributed by atoms with Crippen LogP contribution >= 0.6 is 0 Å². The SMILES string of the molecule is CC(C)C(=O)N[C@H](CC(=O)O)c1ccccc1. The Morgan fingerprint density at radius 1 is 1.24 bits per heavy atom. The van der Waals surface area contributed by atoms with Crippen molar-refractivity contribution in [3.8, 4) is 0 Å². The lowest BCUT2D eigenvalue weighted by Crippen LogP contribution is -2.33. The summed E-state index contributed by atoms with van der Waals surface area (Å²) in [4.78, 5) is 22.4. The van der Waals surface area contributed by atoms with Crippen LogP contribution in [0.15, 0.2) is 30.3 Å². The van der Waals surface area contributed by atoms with E-state index in [0.717, 1.165) is 5.56 Å². The Kier molecular flexibility index (Phi) is 4.69. The van der Waals surface area contributed by atoms with Crippen LogP contribution in [0, 0.1) is 5.92 Å². The van der Waals surface area contributed by atoms with Gasteiger partial charge in [0, 0.05) is 5.92 Å². The molecule has 0 radical (unpaired) electrons. The first-order valence-corrected chi connectivity index (χ1v) is 5.58. The molecule has 0 aliphatic heterocycles. The zero-order valence-electron chi connectivity index (χ0n) is 10.0. The Bertz CT molecular complexity index is 387. The molecule has 0 unspecified atom stereocenters. The average molecular weight is 235 g/mol. The molecule has 1 rings (SSSR count). The number of carbonyl (C=O) groups excluding carboxylic acids is 1. The van der Waals surface area contributed by atoms with Crippen molar-refractivity contribution in [2.24, 2.45) is 5.92 Å². The second kappa shape index (κ2) is 6.03. The van der Waals surface area contributed by atoms with Crippen LogP contribution in [0.2, 0.25) is 0 Å². The molecule has 0 heterocycles. The average Bonchev–Trinajstić information content (AvgIpc) is 2.28. The van der Waals surface area contributed by atoms with E-state index in [9.17, 15) is 9.59 Å². The Morgan fingerprint density at radius 3 is 2.29 bits per heavy atom. The molecule has 0 aliphatic rings. The predicted octanol–water partition coefficient (Wildman–Crippen LogP) is 1.97. The van der Waals surface area contributed by atoms with E-state index in [1.54, 1.807) is 13.8 Å². The molecule has 4 heteroatoms. The van der Waals surface area contributed by atoms with Gasteiger partial charge in [0.05, 0.1) is 12.5 Å². The van der Waals surface area contributed by atoms with Crippen molar-refractivity contribution in [2.45, 2.75) is 26.3 Å². The minimum absolute atomic E-state index is 0.109. The summed E-state index contributed by atoms with van der Waals surface area (Å²) in [5, 5.41) is 11.6. The second-order valence-corrected chi connectivity index (χ2v) is 4.22. The first kappa shape index (κ1) is 13.2. The van der Waals surface area contributed by atoms with Gasteiger partial charge in [0.1, 0.15) is 0 Å². The number of carboxylic acid groups (broad SMARTS) is 1. The topological polar surface area (TPSA) is 66.4 Å². The molecule has 0 fully saturated rings. The number of amides is 1. The van der Waals surface area contributed by atoms with Crippen molar-refractivity contribution >= 4 is 11.9 Å². The predicted molar refractivity (Wildman–Crippen MR) is 64.4 cm³/mol. The van der Waals surface area contributed by atoms with E-state index in [1.165, 1.54) is 0 Å². The number of benzene rings is 1. The molecule has 0 saturated carbocycles. The summed E-state index contributed by atoms with van der Waals surface area (Å²) in [7, 11) is 0. The maximum absolute atomic E-state index is 11.6. The van der Waals surface area contributed by atoms with E-state index in [2.05, 4.69) is 5.32 Å². The Labute approximate surface area is 101 Å². The summed E-state index contributed by atoms with van der Waals surface area (Å²) in [6, 6.07) is 8.66. The molecule has 0 bridgehead atoms. The van der Waals surface area contributed by atoms with Gasteiger partial charge < -0.3 is 10.4 Å². The molecule has 4 nitrogen and oxygen atoms in total. The van der Waals surface area contributed by atoms with Crippen LogP contribution in [0.4, 0.5) is 0 Å². The largest absolute Gasteiger partial charge is 0.481 e. The highest BCUT2D eigenvalue weighted by Gasteiger charge is 2.19. The monoisotopic (exact) mass is 235 g/mol. The minimum atomic E-state index is -0.928. The van der Waals surface area contributed by atoms with Crippen molar-refractivity contribution in [1.29, 1.82) is 0 Å². The van der Waals surface area contributed by atoms with Crippen LogP contribution in [-0.2, 0) is 9.59 Å². The number of aliphatic carboxylic acids is 1. The van der Waals surface area contributed by atoms with E-state index >= 15 is 0 Å². The van der Waals surface area contributed by atoms with Crippen molar-refractivity contribution in [1.82, 2.24) is 5.32 Å². The van der Waals surface area contributed by atoms with Gasteiger partial charge in [0.15, 0.2) is 0 Å². The van der Waals surface area contributed by atoms with Crippen molar-refractivity contribution in [2.75, 3.05) is 0 Å². The second-order valence-electron chi connectivity index (χ2n) is 4.22. The lowest BCUT2D eigenvalue weighted by atomic mass is 10.0. The normalized spacial score (nSPS) is 12.2. The van der Waals surface area contributed by atoms with Gasteiger partial charge in [-0.15, -0.1) is 0 Å². The van der Waals surface area contributed by atoms with E-state index in [1.807, 2.05) is 30.3 Å². The van der Waals surface area contributed by atoms with Crippen LogP contribution in [-0.4, -0.2) is 17.0 Å². The molecular formula is C13H17NO3. The van der Waals surface area contributed by atoms with E-state index in [0.29, 0.717) is 0 Å². The van der Waals surface area contributed by atoms with E-state index < -0.39 is 12.0 Å². The molecule has 2 N–H and O–H groups in total. The summed E-state index contributed by atoms with van der Waals surface area (Å²) in [5.41, 5.74) is 0.809. The molecule has 0 spiro atoms. The number of carbonyl (C=O) groups is 2. The molecule has 1 aromatic rings. The maximum Gasteiger partial charge on any atom is 0.305 e. The van der Waals surface area contributed by atoms with Gasteiger partial charge in [0.2, 0.25) is 5.91 Å². The smallest absolute Gasteiger partial charge is 0.305 e. The third-order valence-corrected chi connectivity index (χ3v) is 2.42. The third-order valence-electron chi connectivity index (χ3n) is 2.42. The van der Waals surface area contributed by atoms with E-state index in [-0.39, 0.29) is 18.2 Å². The summed E-state index contributed by atoms with van der Waals surface area (Å²) in [6.07, 6.45) is -0.109. The lowest BCUT2D eigenvalue weighted by molar-refractivity contribution is -0.137. The fourth-order valence-electron chi connectivity index (χ4n) is 1.45. The highest BCUT2D eigenvalue weighted by Crippen LogP contribution is 2.17. The lowest BCUT2D eigenvalue weighted by Gasteiger charge is -2.18. The number of hydrogen-bond donors (Lipinski definition) is 2. The van der Waals surface area contributed by atoms with Gasteiger partial charge in [-0.05, 0) is 5.56 Å². The molecule has 1 aromatic carbocycles. The zero-order valence-corrected chi connectivity index (χ0v) is 10.0. The fourth-order valence-corrected chi connectivity index (χ4v) is 1.45. The molecule has 92 valence electrons. The highest BCUT2D eigenvalue weighted by atomic mass is 16.4. The first-order valence-electron chi connectivity index (χ1n) is 5.58. The first-order chi connectivity index (χ1) is 8.00. The Hall–Kier alpha value is -1.84. The van der Waals surface area contributed by atoms with Gasteiger partial charge >= 0.3 is 5.97 Å². The van der Waals surface area contributed by atoms with Crippen LogP contribution in [0.1, 0.15) is 31.9 Å². The van der Waals surface area contributed by atoms with Gasteiger partial charge in [0.25, 0.3) is 0 Å². The standard InChI is InChI=1S/C13H17NO3/c1-9(2)13(17)14-11(8-12(15)16)10-6-4-3-5-7-10/h3-7,9,11H,8H2,1-2H3,(H,14,17)(H,15,16)/t11-/m1/s1. The molecule has 17 heavy (non-hydrogen) atoms. The molecule has 0 aromatic heterocycles. The summed E-state index contributed by atoms with van der Waals surface area (Å²) < 4.78 is 0. The molecular weight excluding hydrogens is 218 g/mol. The Balaban J connectivity index is 2.81. The minimum Gasteiger partial charge on any atom is -0.481 e. The van der Waals surface area contributed by atoms with Crippen LogP contribution in [0.3, 0.4) is 0 Å². The highest BCUT2D eigenvalue weighted by molar-refractivity contribution is 5.79. The third kappa shape index (κ3) is 4.26. The maximum atomic E-state index is 11.6. The van der Waals surface area contributed by atoms with Crippen molar-refractivity contribution < 1.29 is 14.7 Å². The summed E-state index contributed by atoms with van der Waals surface area (Å²) in [5.74, 6) is -1.22. The molecule has 1 atom stereocenters. The van der Waals surface area contributed by atoms with Gasteiger partial charge in [-0.1, -0.05) is 44.2 Å². The van der Waals surface area contributed by atoms with Gasteiger partial charge in [-0.25, -0.2) is 0 Å². The Morgan fingerprint density at radius 2 is 1.82 bits per heavy atom. The van der Waals surface area contributed by atoms with Crippen LogP contribution in [0.25, 0.3) is 0 Å². The van der Waals surface area contributed by atoms with Crippen molar-refractivity contribution in [3.05, 3.63) is 35.9 Å². The molecule has 0 aliphatic carbocycles. The number of carboxylic acids is 1. The number of nitrogens with one attached hydrogen (secondary N) is 1. The van der Waals surface area contributed by atoms with Gasteiger partial charge in [-0.3, -0.25) is 9.59 Å². The number of rotatable bonds is 5. The molecule has 1 amide bonds. The van der Waals surface area contributed by atoms with Crippen molar-refractivity contribution in [3.63, 3.8) is 0 Å². The zero-order chi connectivity index (χ0) is 12.8. The quantitative estimate of drug-likeness (QED) is 0.820.